The lowest BCUT2D eigenvalue weighted by Gasteiger charge is -1.80. The Labute approximate surface area is 59.1 Å². The van der Waals surface area contributed by atoms with Gasteiger partial charge in [-0.3, -0.25) is 4.79 Å². The highest BCUT2D eigenvalue weighted by Gasteiger charge is 1.75. The third-order valence-electron chi connectivity index (χ3n) is 0.462. The summed E-state index contributed by atoms with van der Waals surface area (Å²) < 4.78 is 4.11. The molecule has 0 aromatic heterocycles. The number of ether oxygens (including phenoxy) is 1. The van der Waals surface area contributed by atoms with Gasteiger partial charge in [0.1, 0.15) is 0 Å². The molecule has 0 aliphatic rings. The first kappa shape index (κ1) is 11.5. The van der Waals surface area contributed by atoms with Gasteiger partial charge in [0, 0.05) is 13.0 Å². The zero-order valence-corrected chi connectivity index (χ0v) is 5.96. The second-order valence-corrected chi connectivity index (χ2v) is 1.24. The number of hydrogen-bond donors (Lipinski definition) is 1. The van der Waals surface area contributed by atoms with Gasteiger partial charge in [0.15, 0.2) is 0 Å². The first-order valence-corrected chi connectivity index (χ1v) is 2.44. The van der Waals surface area contributed by atoms with Crippen LogP contribution in [-0.4, -0.2) is 24.2 Å². The minimum Gasteiger partial charge on any atom is -0.478 e. The van der Waals surface area contributed by atoms with Gasteiger partial charge in [0.25, 0.3) is 0 Å². The highest BCUT2D eigenvalue weighted by molar-refractivity contribution is 5.78. The summed E-state index contributed by atoms with van der Waals surface area (Å²) >= 11 is 0. The molecule has 0 saturated carbocycles. The summed E-state index contributed by atoms with van der Waals surface area (Å²) in [6, 6.07) is 0. The molecule has 4 heteroatoms. The molecule has 0 heterocycles. The Morgan fingerprint density at radius 1 is 1.60 bits per heavy atom. The molecule has 0 atom stereocenters. The number of methoxy groups -OCH3 is 1. The Kier molecular flexibility index (Phi) is 8.81. The van der Waals surface area contributed by atoms with E-state index < -0.39 is 5.97 Å². The van der Waals surface area contributed by atoms with Gasteiger partial charge in [-0.05, 0) is 0 Å². The maximum Gasteiger partial charge on any atom is 0.327 e. The van der Waals surface area contributed by atoms with Gasteiger partial charge in [-0.1, -0.05) is 6.58 Å². The number of carbonyl (C=O) groups excluding carboxylic acids is 1. The van der Waals surface area contributed by atoms with Gasteiger partial charge in [-0.25, -0.2) is 4.79 Å². The molecular formula is C6H10O4. The highest BCUT2D eigenvalue weighted by atomic mass is 16.5. The Hall–Kier alpha value is -1.32. The third-order valence-corrected chi connectivity index (χ3v) is 0.462. The lowest BCUT2D eigenvalue weighted by atomic mass is 10.7. The van der Waals surface area contributed by atoms with E-state index in [-0.39, 0.29) is 5.97 Å². The van der Waals surface area contributed by atoms with Gasteiger partial charge in [-0.15, -0.1) is 0 Å². The van der Waals surface area contributed by atoms with Crippen molar-refractivity contribution in [3.05, 3.63) is 12.7 Å². The van der Waals surface area contributed by atoms with E-state index in [1.807, 2.05) is 0 Å². The van der Waals surface area contributed by atoms with Crippen LogP contribution in [0.2, 0.25) is 0 Å². The average Bonchev–Trinajstić information content (AvgIpc) is 1.89. The van der Waals surface area contributed by atoms with Crippen molar-refractivity contribution >= 4 is 11.9 Å². The molecule has 1 N–H and O–H groups in total. The molecule has 58 valence electrons. The number of aliphatic carboxylic acids is 1. The van der Waals surface area contributed by atoms with Crippen molar-refractivity contribution in [3.63, 3.8) is 0 Å². The van der Waals surface area contributed by atoms with Crippen LogP contribution in [0.3, 0.4) is 0 Å². The monoisotopic (exact) mass is 146 g/mol. The van der Waals surface area contributed by atoms with Crippen molar-refractivity contribution in [1.29, 1.82) is 0 Å². The number of carbonyl (C=O) groups is 2. The topological polar surface area (TPSA) is 63.6 Å². The molecule has 0 aliphatic heterocycles. The van der Waals surface area contributed by atoms with Crippen molar-refractivity contribution in [2.75, 3.05) is 7.11 Å². The van der Waals surface area contributed by atoms with E-state index in [9.17, 15) is 9.59 Å². The van der Waals surface area contributed by atoms with Crippen LogP contribution in [0.25, 0.3) is 0 Å². The van der Waals surface area contributed by atoms with E-state index >= 15 is 0 Å². The van der Waals surface area contributed by atoms with E-state index in [4.69, 9.17) is 5.11 Å². The molecule has 0 aliphatic carbocycles. The average molecular weight is 146 g/mol. The minimum atomic E-state index is -0.981. The maximum absolute atomic E-state index is 9.59. The Balaban J connectivity index is 0. The summed E-state index contributed by atoms with van der Waals surface area (Å²) in [4.78, 5) is 18.8. The molecule has 0 bridgehead atoms. The molecule has 10 heavy (non-hydrogen) atoms. The summed E-state index contributed by atoms with van der Waals surface area (Å²) in [6.07, 6.45) is 0.833. The SMILES string of the molecule is C=CC(=O)O.COC(C)=O. The third kappa shape index (κ3) is 30.0. The summed E-state index contributed by atoms with van der Waals surface area (Å²) in [6.45, 7) is 4.32. The van der Waals surface area contributed by atoms with Gasteiger partial charge in [0.05, 0.1) is 7.11 Å². The van der Waals surface area contributed by atoms with E-state index in [1.54, 1.807) is 0 Å². The fraction of sp³-hybridized carbons (Fsp3) is 0.333. The van der Waals surface area contributed by atoms with Gasteiger partial charge in [-0.2, -0.15) is 0 Å². The number of hydrogen-bond acceptors (Lipinski definition) is 3. The Morgan fingerprint density at radius 3 is 1.80 bits per heavy atom. The molecule has 0 amide bonds. The van der Waals surface area contributed by atoms with Crippen molar-refractivity contribution < 1.29 is 19.4 Å². The number of esters is 1. The Morgan fingerprint density at radius 2 is 1.80 bits per heavy atom. The predicted octanol–water partition coefficient (Wildman–Crippen LogP) is 0.436. The first-order valence-electron chi connectivity index (χ1n) is 2.44. The smallest absolute Gasteiger partial charge is 0.327 e. The van der Waals surface area contributed by atoms with E-state index in [2.05, 4.69) is 11.3 Å². The summed E-state index contributed by atoms with van der Waals surface area (Å²) in [5, 5.41) is 7.60. The van der Waals surface area contributed by atoms with Crippen LogP contribution in [0.1, 0.15) is 6.92 Å². The fourth-order valence-corrected chi connectivity index (χ4v) is 0. The van der Waals surface area contributed by atoms with Crippen LogP contribution in [0, 0.1) is 0 Å². The van der Waals surface area contributed by atoms with Crippen molar-refractivity contribution in [3.8, 4) is 0 Å². The van der Waals surface area contributed by atoms with Gasteiger partial charge in [0.2, 0.25) is 0 Å². The minimum absolute atomic E-state index is 0.245. The van der Waals surface area contributed by atoms with Crippen LogP contribution < -0.4 is 0 Å². The summed E-state index contributed by atoms with van der Waals surface area (Å²) in [5.41, 5.74) is 0. The largest absolute Gasteiger partial charge is 0.478 e. The lowest BCUT2D eigenvalue weighted by molar-refractivity contribution is -0.138. The highest BCUT2D eigenvalue weighted by Crippen LogP contribution is 1.60. The molecule has 0 saturated heterocycles. The van der Waals surface area contributed by atoms with Crippen molar-refractivity contribution in [1.82, 2.24) is 0 Å². The normalized spacial score (nSPS) is 6.60. The molecule has 0 rings (SSSR count). The van der Waals surface area contributed by atoms with Crippen LogP contribution in [0.15, 0.2) is 12.7 Å². The summed E-state index contributed by atoms with van der Waals surface area (Å²) in [5.74, 6) is -1.23. The zero-order chi connectivity index (χ0) is 8.57. The molecule has 4 nitrogen and oxygen atoms in total. The second-order valence-electron chi connectivity index (χ2n) is 1.24. The van der Waals surface area contributed by atoms with Crippen LogP contribution in [0.4, 0.5) is 0 Å². The zero-order valence-electron chi connectivity index (χ0n) is 5.96. The van der Waals surface area contributed by atoms with Gasteiger partial charge >= 0.3 is 11.9 Å². The molecule has 0 aromatic rings. The van der Waals surface area contributed by atoms with Crippen molar-refractivity contribution in [2.24, 2.45) is 0 Å². The maximum atomic E-state index is 9.59. The number of carboxylic acid groups (broad SMARTS) is 1. The molecule has 0 unspecified atom stereocenters. The van der Waals surface area contributed by atoms with E-state index in [0.717, 1.165) is 6.08 Å². The lowest BCUT2D eigenvalue weighted by Crippen LogP contribution is -1.88. The fourth-order valence-electron chi connectivity index (χ4n) is 0. The predicted molar refractivity (Wildman–Crippen MR) is 35.5 cm³/mol. The van der Waals surface area contributed by atoms with Crippen LogP contribution in [0.5, 0.6) is 0 Å². The van der Waals surface area contributed by atoms with Gasteiger partial charge < -0.3 is 9.84 Å². The second kappa shape index (κ2) is 7.68. The van der Waals surface area contributed by atoms with E-state index in [1.165, 1.54) is 14.0 Å². The Bertz CT molecular complexity index is 128. The first-order chi connectivity index (χ1) is 4.54. The molecular weight excluding hydrogens is 136 g/mol. The van der Waals surface area contributed by atoms with Crippen LogP contribution in [-0.2, 0) is 14.3 Å². The quantitative estimate of drug-likeness (QED) is 0.430. The standard InChI is InChI=1S/C3H6O2.C3H4O2/c1-3(4)5-2;1-2-3(4)5/h1-2H3;2H,1H2,(H,4,5). The van der Waals surface area contributed by atoms with Crippen molar-refractivity contribution in [2.45, 2.75) is 6.92 Å². The number of carboxylic acids is 1. The molecule has 0 radical (unpaired) electrons. The summed E-state index contributed by atoms with van der Waals surface area (Å²) in [7, 11) is 1.35. The van der Waals surface area contributed by atoms with E-state index in [0.29, 0.717) is 0 Å². The number of rotatable bonds is 1. The molecule has 0 fully saturated rings. The molecule has 0 aromatic carbocycles. The molecule has 0 spiro atoms. The van der Waals surface area contributed by atoms with Crippen LogP contribution >= 0.6 is 0 Å².